The number of aromatic amines is 1. The molecule has 0 bridgehead atoms. The smallest absolute Gasteiger partial charge is 0.326 e. The average molecular weight is 595 g/mol. The number of primary amides is 1. The second-order valence-electron chi connectivity index (χ2n) is 10.7. The Bertz CT molecular complexity index is 1450. The molecule has 0 saturated carbocycles. The summed E-state index contributed by atoms with van der Waals surface area (Å²) in [4.78, 5) is 66.2. The van der Waals surface area contributed by atoms with Gasteiger partial charge < -0.3 is 42.6 Å². The summed E-state index contributed by atoms with van der Waals surface area (Å²) >= 11 is 0. The van der Waals surface area contributed by atoms with E-state index >= 15 is 0 Å². The van der Waals surface area contributed by atoms with Crippen LogP contribution in [0.2, 0.25) is 0 Å². The number of hydrogen-bond donors (Lipinski definition) is 8. The van der Waals surface area contributed by atoms with Crippen LogP contribution in [0.3, 0.4) is 0 Å². The largest absolute Gasteiger partial charge is 0.508 e. The van der Waals surface area contributed by atoms with Crippen molar-refractivity contribution in [3.63, 3.8) is 0 Å². The van der Waals surface area contributed by atoms with Gasteiger partial charge in [-0.25, -0.2) is 4.79 Å². The van der Waals surface area contributed by atoms with Gasteiger partial charge >= 0.3 is 5.97 Å². The predicted molar refractivity (Wildman–Crippen MR) is 158 cm³/mol. The van der Waals surface area contributed by atoms with Crippen LogP contribution in [0.5, 0.6) is 5.75 Å². The lowest BCUT2D eigenvalue weighted by molar-refractivity contribution is -0.143. The van der Waals surface area contributed by atoms with E-state index in [4.69, 9.17) is 11.5 Å². The van der Waals surface area contributed by atoms with Crippen LogP contribution >= 0.6 is 0 Å². The summed E-state index contributed by atoms with van der Waals surface area (Å²) in [5, 5.41) is 27.9. The van der Waals surface area contributed by atoms with Gasteiger partial charge in [0.25, 0.3) is 0 Å². The summed E-state index contributed by atoms with van der Waals surface area (Å²) in [6.45, 7) is 3.28. The molecule has 2 aromatic carbocycles. The van der Waals surface area contributed by atoms with Crippen LogP contribution < -0.4 is 27.4 Å². The summed E-state index contributed by atoms with van der Waals surface area (Å²) in [5.41, 5.74) is 13.3. The highest BCUT2D eigenvalue weighted by molar-refractivity contribution is 5.95. The molecule has 13 heteroatoms. The zero-order valence-corrected chi connectivity index (χ0v) is 24.0. The molecule has 0 spiro atoms. The Labute approximate surface area is 248 Å². The van der Waals surface area contributed by atoms with Gasteiger partial charge in [0.1, 0.15) is 23.9 Å². The lowest BCUT2D eigenvalue weighted by atomic mass is 10.00. The van der Waals surface area contributed by atoms with Crippen LogP contribution in [0.1, 0.15) is 37.8 Å². The minimum absolute atomic E-state index is 0.00807. The Balaban J connectivity index is 1.90. The SMILES string of the molecule is CC(C)C(NC(=O)C(Cc1ccc(O)cc1)NC(=O)C(Cc1c[nH]c2ccccc12)NC(=O)C(N)CCC(N)=O)C(=O)O. The molecule has 0 aliphatic heterocycles. The number of aromatic nitrogens is 1. The van der Waals surface area contributed by atoms with Gasteiger partial charge in [-0.3, -0.25) is 19.2 Å². The summed E-state index contributed by atoms with van der Waals surface area (Å²) in [6, 6.07) is 8.63. The molecule has 0 radical (unpaired) electrons. The van der Waals surface area contributed by atoms with Gasteiger partial charge in [-0.2, -0.15) is 0 Å². The maximum absolute atomic E-state index is 13.8. The number of phenolic OH excluding ortho intramolecular Hbond substituents is 1. The molecule has 1 aromatic heterocycles. The molecule has 4 atom stereocenters. The number of fused-ring (bicyclic) bond motifs is 1. The number of aliphatic carboxylic acids is 1. The Kier molecular flexibility index (Phi) is 11.2. The second-order valence-corrected chi connectivity index (χ2v) is 10.7. The first-order valence-electron chi connectivity index (χ1n) is 13.9. The number of nitrogens with two attached hydrogens (primary N) is 2. The molecule has 4 amide bonds. The third-order valence-corrected chi connectivity index (χ3v) is 7.01. The fourth-order valence-corrected chi connectivity index (χ4v) is 4.55. The van der Waals surface area contributed by atoms with Gasteiger partial charge in [-0.15, -0.1) is 0 Å². The number of carbonyl (C=O) groups is 5. The maximum Gasteiger partial charge on any atom is 0.326 e. The zero-order chi connectivity index (χ0) is 31.7. The Hall–Kier alpha value is -4.91. The van der Waals surface area contributed by atoms with Crippen molar-refractivity contribution >= 4 is 40.5 Å². The third kappa shape index (κ3) is 9.30. The number of para-hydroxylation sites is 1. The number of benzene rings is 2. The van der Waals surface area contributed by atoms with Crippen molar-refractivity contribution in [3.8, 4) is 5.75 Å². The number of amides is 4. The van der Waals surface area contributed by atoms with Crippen LogP contribution in [0, 0.1) is 5.92 Å². The molecule has 13 nitrogen and oxygen atoms in total. The van der Waals surface area contributed by atoms with Crippen molar-refractivity contribution in [1.29, 1.82) is 0 Å². The summed E-state index contributed by atoms with van der Waals surface area (Å²) in [7, 11) is 0. The van der Waals surface area contributed by atoms with Crippen molar-refractivity contribution in [2.24, 2.45) is 17.4 Å². The molecule has 43 heavy (non-hydrogen) atoms. The standard InChI is InChI=1S/C30H38N6O7/c1-16(2)26(30(42)43)36-29(41)23(13-17-7-9-19(37)10-8-17)35-28(40)24(34-27(39)21(31)11-12-25(32)38)14-18-15-33-22-6-4-3-5-20(18)22/h3-10,15-16,21,23-24,26,33,37H,11-14,31H2,1-2H3,(H2,32,38)(H,34,39)(H,35,40)(H,36,41)(H,42,43). The van der Waals surface area contributed by atoms with Crippen LogP contribution in [-0.2, 0) is 36.8 Å². The van der Waals surface area contributed by atoms with E-state index < -0.39 is 59.7 Å². The first-order chi connectivity index (χ1) is 20.3. The normalized spacial score (nSPS) is 14.0. The molecule has 0 aliphatic carbocycles. The molecule has 0 saturated heterocycles. The van der Waals surface area contributed by atoms with Gasteiger partial charge in [0.2, 0.25) is 23.6 Å². The van der Waals surface area contributed by atoms with Gasteiger partial charge in [-0.1, -0.05) is 44.2 Å². The van der Waals surface area contributed by atoms with E-state index in [1.54, 1.807) is 32.2 Å². The minimum atomic E-state index is -1.23. The number of rotatable bonds is 15. The van der Waals surface area contributed by atoms with Gasteiger partial charge in [0.15, 0.2) is 0 Å². The highest BCUT2D eigenvalue weighted by atomic mass is 16.4. The lowest BCUT2D eigenvalue weighted by Gasteiger charge is -2.26. The van der Waals surface area contributed by atoms with Crippen molar-refractivity contribution in [2.75, 3.05) is 0 Å². The molecular weight excluding hydrogens is 556 g/mol. The van der Waals surface area contributed by atoms with Crippen molar-refractivity contribution in [2.45, 2.75) is 63.7 Å². The van der Waals surface area contributed by atoms with E-state index in [9.17, 15) is 34.2 Å². The topological polar surface area (TPSA) is 230 Å². The maximum atomic E-state index is 13.8. The van der Waals surface area contributed by atoms with Crippen LogP contribution in [0.4, 0.5) is 0 Å². The Morgan fingerprint density at radius 1 is 0.860 bits per heavy atom. The number of carboxylic acid groups (broad SMARTS) is 1. The minimum Gasteiger partial charge on any atom is -0.508 e. The van der Waals surface area contributed by atoms with Crippen LogP contribution in [0.15, 0.2) is 54.7 Å². The second kappa shape index (κ2) is 14.8. The van der Waals surface area contributed by atoms with E-state index in [2.05, 4.69) is 20.9 Å². The zero-order valence-electron chi connectivity index (χ0n) is 24.0. The number of phenols is 1. The Morgan fingerprint density at radius 3 is 2.09 bits per heavy atom. The molecule has 3 rings (SSSR count). The number of carboxylic acids is 1. The van der Waals surface area contributed by atoms with E-state index in [1.165, 1.54) is 12.1 Å². The van der Waals surface area contributed by atoms with Crippen molar-refractivity contribution in [3.05, 3.63) is 65.9 Å². The van der Waals surface area contributed by atoms with Gasteiger partial charge in [0.05, 0.1) is 6.04 Å². The predicted octanol–water partition coefficient (Wildman–Crippen LogP) is 0.447. The van der Waals surface area contributed by atoms with Crippen molar-refractivity contribution in [1.82, 2.24) is 20.9 Å². The van der Waals surface area contributed by atoms with E-state index in [0.717, 1.165) is 10.9 Å². The summed E-state index contributed by atoms with van der Waals surface area (Å²) in [6.07, 6.45) is 1.56. The quantitative estimate of drug-likeness (QED) is 0.123. The average Bonchev–Trinajstić information content (AvgIpc) is 3.37. The highest BCUT2D eigenvalue weighted by Gasteiger charge is 2.32. The first kappa shape index (κ1) is 32.6. The third-order valence-electron chi connectivity index (χ3n) is 7.01. The van der Waals surface area contributed by atoms with Gasteiger partial charge in [-0.05, 0) is 41.7 Å². The number of H-pyrrole nitrogens is 1. The van der Waals surface area contributed by atoms with Gasteiger partial charge in [0, 0.05) is 36.4 Å². The molecule has 3 aromatic rings. The molecule has 4 unspecified atom stereocenters. The Morgan fingerprint density at radius 2 is 1.47 bits per heavy atom. The summed E-state index contributed by atoms with van der Waals surface area (Å²) < 4.78 is 0. The molecule has 0 aliphatic rings. The number of hydrogen-bond acceptors (Lipinski definition) is 7. The molecule has 10 N–H and O–H groups in total. The number of carbonyl (C=O) groups excluding carboxylic acids is 4. The number of aromatic hydroxyl groups is 1. The number of nitrogens with one attached hydrogen (secondary N) is 4. The van der Waals surface area contributed by atoms with Crippen LogP contribution in [-0.4, -0.2) is 69.0 Å². The lowest BCUT2D eigenvalue weighted by Crippen LogP contribution is -2.58. The monoisotopic (exact) mass is 594 g/mol. The molecule has 1 heterocycles. The highest BCUT2D eigenvalue weighted by Crippen LogP contribution is 2.20. The summed E-state index contributed by atoms with van der Waals surface area (Å²) in [5.74, 6) is -4.43. The fraction of sp³-hybridized carbons (Fsp3) is 0.367. The first-order valence-corrected chi connectivity index (χ1v) is 13.9. The molecular formula is C30H38N6O7. The molecule has 230 valence electrons. The van der Waals surface area contributed by atoms with Crippen molar-refractivity contribution < 1.29 is 34.2 Å². The van der Waals surface area contributed by atoms with E-state index in [-0.39, 0.29) is 31.4 Å². The van der Waals surface area contributed by atoms with E-state index in [1.807, 2.05) is 24.3 Å². The fourth-order valence-electron chi connectivity index (χ4n) is 4.55. The van der Waals surface area contributed by atoms with Crippen LogP contribution in [0.25, 0.3) is 10.9 Å². The molecule has 0 fully saturated rings. The van der Waals surface area contributed by atoms with E-state index in [0.29, 0.717) is 11.1 Å².